The van der Waals surface area contributed by atoms with Crippen LogP contribution in [0.1, 0.15) is 24.8 Å². The highest BCUT2D eigenvalue weighted by Gasteiger charge is 2.32. The largest absolute Gasteiger partial charge is 0.481 e. The van der Waals surface area contributed by atoms with Crippen LogP contribution in [0.3, 0.4) is 0 Å². The Kier molecular flexibility index (Phi) is 3.49. The van der Waals surface area contributed by atoms with Crippen LogP contribution in [0.15, 0.2) is 24.3 Å². The van der Waals surface area contributed by atoms with Gasteiger partial charge in [-0.05, 0) is 42.9 Å². The number of carbonyl (C=O) groups is 1. The fourth-order valence-electron chi connectivity index (χ4n) is 2.17. The molecule has 2 nitrogen and oxygen atoms in total. The van der Waals surface area contributed by atoms with Gasteiger partial charge in [0, 0.05) is 5.02 Å². The van der Waals surface area contributed by atoms with Crippen LogP contribution in [0, 0.1) is 11.8 Å². The monoisotopic (exact) mass is 238 g/mol. The van der Waals surface area contributed by atoms with Gasteiger partial charge in [-0.15, -0.1) is 0 Å². The number of hydrogen-bond acceptors (Lipinski definition) is 1. The van der Waals surface area contributed by atoms with E-state index in [9.17, 15) is 9.90 Å². The third-order valence-electron chi connectivity index (χ3n) is 3.40. The molecule has 0 spiro atoms. The molecule has 1 aromatic rings. The predicted molar refractivity (Wildman–Crippen MR) is 63.6 cm³/mol. The average Bonchev–Trinajstić information content (AvgIpc) is 2.17. The van der Waals surface area contributed by atoms with Gasteiger partial charge < -0.3 is 5.11 Å². The maximum Gasteiger partial charge on any atom is 0.307 e. The van der Waals surface area contributed by atoms with Crippen molar-refractivity contribution in [3.05, 3.63) is 34.9 Å². The number of benzene rings is 1. The zero-order valence-corrected chi connectivity index (χ0v) is 9.78. The van der Waals surface area contributed by atoms with Crippen LogP contribution in [-0.2, 0) is 11.2 Å². The second kappa shape index (κ2) is 4.88. The summed E-state index contributed by atoms with van der Waals surface area (Å²) in [6, 6.07) is 7.46. The smallest absolute Gasteiger partial charge is 0.307 e. The molecule has 0 bridgehead atoms. The van der Waals surface area contributed by atoms with Gasteiger partial charge in [-0.3, -0.25) is 4.79 Å². The summed E-state index contributed by atoms with van der Waals surface area (Å²) in [7, 11) is 0. The van der Waals surface area contributed by atoms with Crippen molar-refractivity contribution in [2.24, 2.45) is 11.8 Å². The molecule has 1 aliphatic rings. The number of carboxylic acids is 1. The summed E-state index contributed by atoms with van der Waals surface area (Å²) < 4.78 is 0. The Bertz CT molecular complexity index is 368. The Morgan fingerprint density at radius 2 is 2.00 bits per heavy atom. The molecule has 2 rings (SSSR count). The van der Waals surface area contributed by atoms with Gasteiger partial charge in [0.05, 0.1) is 5.92 Å². The summed E-state index contributed by atoms with van der Waals surface area (Å²) in [5.74, 6) is -0.525. The highest BCUT2D eigenvalue weighted by atomic mass is 35.5. The number of rotatable bonds is 4. The minimum absolute atomic E-state index is 0.227. The van der Waals surface area contributed by atoms with Crippen LogP contribution in [0.5, 0.6) is 0 Å². The van der Waals surface area contributed by atoms with Crippen LogP contribution in [-0.4, -0.2) is 11.1 Å². The lowest BCUT2D eigenvalue weighted by Crippen LogP contribution is -2.30. The summed E-state index contributed by atoms with van der Waals surface area (Å²) in [5.41, 5.74) is 1.06. The summed E-state index contributed by atoms with van der Waals surface area (Å²) in [6.07, 6.45) is 3.92. The van der Waals surface area contributed by atoms with Gasteiger partial charge in [0.2, 0.25) is 0 Å². The first kappa shape index (κ1) is 11.5. The van der Waals surface area contributed by atoms with Crippen molar-refractivity contribution >= 4 is 17.6 Å². The van der Waals surface area contributed by atoms with Gasteiger partial charge in [-0.1, -0.05) is 30.2 Å². The van der Waals surface area contributed by atoms with Crippen LogP contribution >= 0.6 is 11.6 Å². The topological polar surface area (TPSA) is 37.3 Å². The highest BCUT2D eigenvalue weighted by molar-refractivity contribution is 6.30. The van der Waals surface area contributed by atoms with E-state index in [1.54, 1.807) is 0 Å². The van der Waals surface area contributed by atoms with E-state index in [1.807, 2.05) is 24.3 Å². The molecule has 16 heavy (non-hydrogen) atoms. The third kappa shape index (κ3) is 2.56. The standard InChI is InChI=1S/C13H15ClO2/c14-11-6-4-9(5-7-11)8-12(13(15)16)10-2-1-3-10/h4-7,10,12H,1-3,8H2,(H,15,16). The lowest BCUT2D eigenvalue weighted by atomic mass is 9.73. The normalized spacial score (nSPS) is 17.8. The first-order valence-corrected chi connectivity index (χ1v) is 6.02. The molecule has 1 aromatic carbocycles. The van der Waals surface area contributed by atoms with Gasteiger partial charge >= 0.3 is 5.97 Å². The Morgan fingerprint density at radius 1 is 1.38 bits per heavy atom. The minimum Gasteiger partial charge on any atom is -0.481 e. The van der Waals surface area contributed by atoms with E-state index in [0.717, 1.165) is 18.4 Å². The van der Waals surface area contributed by atoms with E-state index in [4.69, 9.17) is 11.6 Å². The molecule has 0 radical (unpaired) electrons. The van der Waals surface area contributed by atoms with Crippen molar-refractivity contribution in [3.63, 3.8) is 0 Å². The lowest BCUT2D eigenvalue weighted by molar-refractivity contribution is -0.144. The molecule has 0 aliphatic heterocycles. The molecule has 0 saturated heterocycles. The molecule has 3 heteroatoms. The summed E-state index contributed by atoms with van der Waals surface area (Å²) >= 11 is 5.80. The maximum absolute atomic E-state index is 11.2. The van der Waals surface area contributed by atoms with Crippen molar-refractivity contribution in [2.45, 2.75) is 25.7 Å². The van der Waals surface area contributed by atoms with Gasteiger partial charge in [-0.2, -0.15) is 0 Å². The quantitative estimate of drug-likeness (QED) is 0.873. The summed E-state index contributed by atoms with van der Waals surface area (Å²) in [6.45, 7) is 0. The van der Waals surface area contributed by atoms with Crippen LogP contribution in [0.4, 0.5) is 0 Å². The average molecular weight is 239 g/mol. The summed E-state index contributed by atoms with van der Waals surface area (Å²) in [4.78, 5) is 11.2. The Morgan fingerprint density at radius 3 is 2.44 bits per heavy atom. The van der Waals surface area contributed by atoms with Crippen molar-refractivity contribution in [1.82, 2.24) is 0 Å². The first-order chi connectivity index (χ1) is 7.66. The Labute approximate surface area is 100 Å². The van der Waals surface area contributed by atoms with Crippen LogP contribution < -0.4 is 0 Å². The van der Waals surface area contributed by atoms with Gasteiger partial charge in [-0.25, -0.2) is 0 Å². The van der Waals surface area contributed by atoms with Gasteiger partial charge in [0.15, 0.2) is 0 Å². The molecule has 0 heterocycles. The van der Waals surface area contributed by atoms with Crippen molar-refractivity contribution in [1.29, 1.82) is 0 Å². The van der Waals surface area contributed by atoms with E-state index in [2.05, 4.69) is 0 Å². The van der Waals surface area contributed by atoms with Crippen LogP contribution in [0.25, 0.3) is 0 Å². The van der Waals surface area contributed by atoms with E-state index in [1.165, 1.54) is 6.42 Å². The molecule has 86 valence electrons. The first-order valence-electron chi connectivity index (χ1n) is 5.64. The number of aliphatic carboxylic acids is 1. The second-order valence-corrected chi connectivity index (χ2v) is 4.90. The molecular formula is C13H15ClO2. The molecule has 1 fully saturated rings. The number of carboxylic acid groups (broad SMARTS) is 1. The van der Waals surface area contributed by atoms with E-state index in [0.29, 0.717) is 17.4 Å². The zero-order chi connectivity index (χ0) is 11.5. The molecule has 1 atom stereocenters. The predicted octanol–water partition coefficient (Wildman–Crippen LogP) is 3.38. The fraction of sp³-hybridized carbons (Fsp3) is 0.462. The molecule has 1 saturated carbocycles. The zero-order valence-electron chi connectivity index (χ0n) is 9.03. The molecule has 0 aromatic heterocycles. The molecule has 1 unspecified atom stereocenters. The number of hydrogen-bond donors (Lipinski definition) is 1. The van der Waals surface area contributed by atoms with Gasteiger partial charge in [0.1, 0.15) is 0 Å². The van der Waals surface area contributed by atoms with E-state index >= 15 is 0 Å². The number of halogens is 1. The van der Waals surface area contributed by atoms with Crippen molar-refractivity contribution < 1.29 is 9.90 Å². The molecular weight excluding hydrogens is 224 g/mol. The second-order valence-electron chi connectivity index (χ2n) is 4.47. The van der Waals surface area contributed by atoms with Crippen molar-refractivity contribution in [2.75, 3.05) is 0 Å². The molecule has 1 aliphatic carbocycles. The van der Waals surface area contributed by atoms with E-state index < -0.39 is 5.97 Å². The SMILES string of the molecule is O=C(O)C(Cc1ccc(Cl)cc1)C1CCC1. The fourth-order valence-corrected chi connectivity index (χ4v) is 2.30. The van der Waals surface area contributed by atoms with E-state index in [-0.39, 0.29) is 5.92 Å². The molecule has 0 amide bonds. The van der Waals surface area contributed by atoms with Gasteiger partial charge in [0.25, 0.3) is 0 Å². The van der Waals surface area contributed by atoms with Crippen LogP contribution in [0.2, 0.25) is 5.02 Å². The van der Waals surface area contributed by atoms with Crippen molar-refractivity contribution in [3.8, 4) is 0 Å². The maximum atomic E-state index is 11.2. The summed E-state index contributed by atoms with van der Waals surface area (Å²) in [5, 5.41) is 9.89. The lowest BCUT2D eigenvalue weighted by Gasteiger charge is -2.31. The Balaban J connectivity index is 2.04. The minimum atomic E-state index is -0.667. The molecule has 1 N–H and O–H groups in total. The third-order valence-corrected chi connectivity index (χ3v) is 3.66. The Hall–Kier alpha value is -1.02. The highest BCUT2D eigenvalue weighted by Crippen LogP contribution is 2.35.